The van der Waals surface area contributed by atoms with E-state index >= 15 is 0 Å². The first-order valence-corrected chi connectivity index (χ1v) is 6.83. The Kier molecular flexibility index (Phi) is 4.22. The van der Waals surface area contributed by atoms with E-state index in [1.54, 1.807) is 0 Å². The van der Waals surface area contributed by atoms with E-state index in [1.165, 1.54) is 25.7 Å². The Hall–Kier alpha value is -0.570. The number of hydrogen-bond donors (Lipinski definition) is 2. The van der Waals surface area contributed by atoms with Gasteiger partial charge in [0.15, 0.2) is 0 Å². The van der Waals surface area contributed by atoms with Gasteiger partial charge in [0.1, 0.15) is 0 Å². The third-order valence-electron chi connectivity index (χ3n) is 4.14. The molecule has 3 heteroatoms. The molecule has 2 heterocycles. The maximum absolute atomic E-state index is 12.2. The van der Waals surface area contributed by atoms with Crippen LogP contribution in [-0.2, 0) is 4.79 Å². The zero-order valence-corrected chi connectivity index (χ0v) is 10.2. The first-order chi connectivity index (χ1) is 7.83. The summed E-state index contributed by atoms with van der Waals surface area (Å²) in [6.07, 6.45) is 9.33. The minimum atomic E-state index is -0.0478. The number of carbonyl (C=O) groups is 1. The van der Waals surface area contributed by atoms with Crippen LogP contribution in [0.15, 0.2) is 0 Å². The van der Waals surface area contributed by atoms with Crippen LogP contribution in [0.5, 0.6) is 0 Å². The minimum absolute atomic E-state index is 0.0478. The summed E-state index contributed by atoms with van der Waals surface area (Å²) in [7, 11) is 0. The van der Waals surface area contributed by atoms with Crippen molar-refractivity contribution in [3.05, 3.63) is 0 Å². The largest absolute Gasteiger partial charge is 0.356 e. The standard InChI is InChI=1S/C13H24N2O/c16-12-13(7-3-5-10-15-12)6-2-1-4-9-14-11-8-13/h14H,1-11H2,(H,15,16). The molecule has 0 aromatic carbocycles. The van der Waals surface area contributed by atoms with Gasteiger partial charge in [0.25, 0.3) is 0 Å². The van der Waals surface area contributed by atoms with Crippen LogP contribution in [0.25, 0.3) is 0 Å². The Morgan fingerprint density at radius 2 is 1.56 bits per heavy atom. The molecular weight excluding hydrogens is 200 g/mol. The molecule has 2 aliphatic rings. The smallest absolute Gasteiger partial charge is 0.226 e. The average Bonchev–Trinajstić information content (AvgIpc) is 2.39. The maximum Gasteiger partial charge on any atom is 0.226 e. The molecule has 2 aliphatic heterocycles. The lowest BCUT2D eigenvalue weighted by Gasteiger charge is -2.30. The molecular formula is C13H24N2O. The molecule has 2 saturated heterocycles. The van der Waals surface area contributed by atoms with Crippen molar-refractivity contribution in [2.75, 3.05) is 19.6 Å². The monoisotopic (exact) mass is 224 g/mol. The van der Waals surface area contributed by atoms with E-state index in [2.05, 4.69) is 10.6 Å². The van der Waals surface area contributed by atoms with Gasteiger partial charge in [0.05, 0.1) is 5.41 Å². The molecule has 92 valence electrons. The summed E-state index contributed by atoms with van der Waals surface area (Å²) in [5.41, 5.74) is -0.0478. The molecule has 1 unspecified atom stereocenters. The molecule has 0 bridgehead atoms. The van der Waals surface area contributed by atoms with E-state index < -0.39 is 0 Å². The molecule has 0 aromatic rings. The number of hydrogen-bond acceptors (Lipinski definition) is 2. The molecule has 0 aromatic heterocycles. The molecule has 1 atom stereocenters. The van der Waals surface area contributed by atoms with Gasteiger partial charge in [-0.2, -0.15) is 0 Å². The topological polar surface area (TPSA) is 41.1 Å². The highest BCUT2D eigenvalue weighted by Crippen LogP contribution is 2.36. The van der Waals surface area contributed by atoms with Crippen molar-refractivity contribution in [2.45, 2.75) is 51.4 Å². The second-order valence-electron chi connectivity index (χ2n) is 5.30. The van der Waals surface area contributed by atoms with Crippen molar-refractivity contribution in [1.29, 1.82) is 0 Å². The van der Waals surface area contributed by atoms with Crippen LogP contribution in [0, 0.1) is 5.41 Å². The summed E-state index contributed by atoms with van der Waals surface area (Å²) in [4.78, 5) is 12.2. The third-order valence-corrected chi connectivity index (χ3v) is 4.14. The number of amides is 1. The second-order valence-corrected chi connectivity index (χ2v) is 5.30. The van der Waals surface area contributed by atoms with Crippen molar-refractivity contribution in [3.8, 4) is 0 Å². The number of rotatable bonds is 0. The van der Waals surface area contributed by atoms with Crippen LogP contribution < -0.4 is 10.6 Å². The number of carbonyl (C=O) groups excluding carboxylic acids is 1. The SMILES string of the molecule is O=C1NCCCCC12CCCCCNCC2. The van der Waals surface area contributed by atoms with Gasteiger partial charge in [0, 0.05) is 6.54 Å². The lowest BCUT2D eigenvalue weighted by Crippen LogP contribution is -2.41. The predicted molar refractivity (Wildman–Crippen MR) is 65.2 cm³/mol. The zero-order chi connectivity index (χ0) is 11.3. The predicted octanol–water partition coefficient (Wildman–Crippen LogP) is 1.83. The Bertz CT molecular complexity index is 230. The molecule has 0 aliphatic carbocycles. The summed E-state index contributed by atoms with van der Waals surface area (Å²) in [6.45, 7) is 3.01. The minimum Gasteiger partial charge on any atom is -0.356 e. The maximum atomic E-state index is 12.2. The van der Waals surface area contributed by atoms with Crippen LogP contribution in [0.4, 0.5) is 0 Å². The average molecular weight is 224 g/mol. The van der Waals surface area contributed by atoms with Crippen LogP contribution in [-0.4, -0.2) is 25.5 Å². The van der Waals surface area contributed by atoms with Gasteiger partial charge in [-0.1, -0.05) is 19.3 Å². The Morgan fingerprint density at radius 3 is 2.44 bits per heavy atom. The molecule has 2 N–H and O–H groups in total. The molecule has 1 amide bonds. The highest BCUT2D eigenvalue weighted by molar-refractivity contribution is 5.82. The highest BCUT2D eigenvalue weighted by atomic mass is 16.2. The van der Waals surface area contributed by atoms with Crippen molar-refractivity contribution >= 4 is 5.91 Å². The fourth-order valence-corrected chi connectivity index (χ4v) is 3.04. The Labute approximate surface area is 98.4 Å². The zero-order valence-electron chi connectivity index (χ0n) is 10.2. The molecule has 2 rings (SSSR count). The van der Waals surface area contributed by atoms with E-state index in [4.69, 9.17) is 0 Å². The van der Waals surface area contributed by atoms with Crippen molar-refractivity contribution in [3.63, 3.8) is 0 Å². The van der Waals surface area contributed by atoms with E-state index in [-0.39, 0.29) is 5.41 Å². The van der Waals surface area contributed by atoms with Gasteiger partial charge in [-0.3, -0.25) is 4.79 Å². The van der Waals surface area contributed by atoms with E-state index in [0.717, 1.165) is 45.3 Å². The van der Waals surface area contributed by atoms with Gasteiger partial charge >= 0.3 is 0 Å². The fraction of sp³-hybridized carbons (Fsp3) is 0.923. The summed E-state index contributed by atoms with van der Waals surface area (Å²) >= 11 is 0. The molecule has 2 fully saturated rings. The Balaban J connectivity index is 2.06. The quantitative estimate of drug-likeness (QED) is 0.659. The normalized spacial score (nSPS) is 33.4. The third kappa shape index (κ3) is 2.76. The molecule has 0 saturated carbocycles. The van der Waals surface area contributed by atoms with E-state index in [1.807, 2.05) is 0 Å². The summed E-state index contributed by atoms with van der Waals surface area (Å²) in [6, 6.07) is 0. The van der Waals surface area contributed by atoms with Gasteiger partial charge in [-0.25, -0.2) is 0 Å². The lowest BCUT2D eigenvalue weighted by atomic mass is 9.75. The van der Waals surface area contributed by atoms with Crippen molar-refractivity contribution in [2.24, 2.45) is 5.41 Å². The van der Waals surface area contributed by atoms with Gasteiger partial charge in [0.2, 0.25) is 5.91 Å². The first-order valence-electron chi connectivity index (χ1n) is 6.83. The van der Waals surface area contributed by atoms with Gasteiger partial charge in [-0.15, -0.1) is 0 Å². The summed E-state index contributed by atoms with van der Waals surface area (Å²) in [5, 5.41) is 6.57. The summed E-state index contributed by atoms with van der Waals surface area (Å²) in [5.74, 6) is 0.328. The second kappa shape index (κ2) is 5.67. The fourth-order valence-electron chi connectivity index (χ4n) is 3.04. The first kappa shape index (κ1) is 11.9. The van der Waals surface area contributed by atoms with Gasteiger partial charge < -0.3 is 10.6 Å². The van der Waals surface area contributed by atoms with Crippen LogP contribution in [0.2, 0.25) is 0 Å². The van der Waals surface area contributed by atoms with Gasteiger partial charge in [-0.05, 0) is 45.2 Å². The lowest BCUT2D eigenvalue weighted by molar-refractivity contribution is -0.131. The summed E-state index contributed by atoms with van der Waals surface area (Å²) < 4.78 is 0. The molecule has 1 spiro atoms. The Morgan fingerprint density at radius 1 is 0.812 bits per heavy atom. The molecule has 16 heavy (non-hydrogen) atoms. The molecule has 0 radical (unpaired) electrons. The van der Waals surface area contributed by atoms with Crippen LogP contribution >= 0.6 is 0 Å². The van der Waals surface area contributed by atoms with E-state index in [0.29, 0.717) is 5.91 Å². The van der Waals surface area contributed by atoms with E-state index in [9.17, 15) is 4.79 Å². The van der Waals surface area contributed by atoms with Crippen LogP contribution in [0.3, 0.4) is 0 Å². The van der Waals surface area contributed by atoms with Crippen LogP contribution in [0.1, 0.15) is 51.4 Å². The molecule has 3 nitrogen and oxygen atoms in total. The van der Waals surface area contributed by atoms with Crippen molar-refractivity contribution < 1.29 is 4.79 Å². The van der Waals surface area contributed by atoms with Crippen molar-refractivity contribution in [1.82, 2.24) is 10.6 Å². The number of nitrogens with one attached hydrogen (secondary N) is 2. The highest BCUT2D eigenvalue weighted by Gasteiger charge is 2.38.